The highest BCUT2D eigenvalue weighted by Gasteiger charge is 2.35. The molecule has 0 saturated carbocycles. The Bertz CT molecular complexity index is 1240. The molecule has 2 amide bonds. The van der Waals surface area contributed by atoms with E-state index in [1.54, 1.807) is 29.6 Å². The van der Waals surface area contributed by atoms with Gasteiger partial charge in [-0.25, -0.2) is 18.2 Å². The third-order valence-corrected chi connectivity index (χ3v) is 7.00. The minimum atomic E-state index is -3.79. The van der Waals surface area contributed by atoms with Crippen LogP contribution in [0.3, 0.4) is 0 Å². The van der Waals surface area contributed by atoms with E-state index >= 15 is 0 Å². The number of hydrogen-bond acceptors (Lipinski definition) is 7. The number of anilines is 3. The predicted molar refractivity (Wildman–Crippen MR) is 124 cm³/mol. The molecule has 1 atom stereocenters. The van der Waals surface area contributed by atoms with Crippen molar-refractivity contribution in [3.63, 3.8) is 0 Å². The Labute approximate surface area is 194 Å². The van der Waals surface area contributed by atoms with Gasteiger partial charge in [0.05, 0.1) is 4.90 Å². The molecule has 1 aromatic heterocycles. The van der Waals surface area contributed by atoms with Gasteiger partial charge >= 0.3 is 6.09 Å². The molecule has 1 aliphatic rings. The highest BCUT2D eigenvalue weighted by molar-refractivity contribution is 7.93. The summed E-state index contributed by atoms with van der Waals surface area (Å²) in [5, 5.41) is 4.91. The molecule has 0 spiro atoms. The number of sulfonamides is 1. The summed E-state index contributed by atoms with van der Waals surface area (Å²) in [5.41, 5.74) is 0.956. The zero-order valence-electron chi connectivity index (χ0n) is 16.4. The fourth-order valence-corrected chi connectivity index (χ4v) is 5.09. The lowest BCUT2D eigenvalue weighted by molar-refractivity contribution is -0.124. The summed E-state index contributed by atoms with van der Waals surface area (Å²) < 4.78 is 32.5. The summed E-state index contributed by atoms with van der Waals surface area (Å²) in [7, 11) is -3.79. The first-order valence-corrected chi connectivity index (χ1v) is 12.1. The molecule has 168 valence electrons. The predicted octanol–water partition coefficient (Wildman–Crippen LogP) is 4.20. The van der Waals surface area contributed by atoms with Crippen molar-refractivity contribution in [3.05, 3.63) is 65.1 Å². The number of hydrogen-bond donors (Lipinski definition) is 2. The molecular weight excluding hydrogens is 476 g/mol. The Morgan fingerprint density at radius 3 is 2.72 bits per heavy atom. The maximum Gasteiger partial charge on any atom is 0.412 e. The number of aromatic nitrogens is 1. The molecule has 0 unspecified atom stereocenters. The van der Waals surface area contributed by atoms with E-state index < -0.39 is 22.2 Å². The van der Waals surface area contributed by atoms with E-state index in [4.69, 9.17) is 16.3 Å². The van der Waals surface area contributed by atoms with E-state index in [9.17, 15) is 18.0 Å². The third-order valence-electron chi connectivity index (χ3n) is 4.59. The largest absolute Gasteiger partial charge is 0.436 e. The average Bonchev–Trinajstić information content (AvgIpc) is 3.38. The zero-order valence-corrected chi connectivity index (χ0v) is 18.8. The molecule has 3 aromatic rings. The summed E-state index contributed by atoms with van der Waals surface area (Å²) in [4.78, 5) is 30.2. The quantitative estimate of drug-likeness (QED) is 0.530. The molecule has 9 nitrogen and oxygen atoms in total. The first kappa shape index (κ1) is 22.1. The van der Waals surface area contributed by atoms with Gasteiger partial charge in [-0.1, -0.05) is 17.7 Å². The third kappa shape index (κ3) is 5.01. The van der Waals surface area contributed by atoms with Crippen LogP contribution in [-0.4, -0.2) is 38.1 Å². The van der Waals surface area contributed by atoms with Crippen LogP contribution in [0.15, 0.2) is 65.0 Å². The molecular formula is C20H19ClN4O5S2. The monoisotopic (exact) mass is 494 g/mol. The Morgan fingerprint density at radius 2 is 2.03 bits per heavy atom. The molecule has 12 heteroatoms. The average molecular weight is 495 g/mol. The second-order valence-electron chi connectivity index (χ2n) is 6.74. The summed E-state index contributed by atoms with van der Waals surface area (Å²) in [6.45, 7) is 0.331. The maximum absolute atomic E-state index is 12.7. The van der Waals surface area contributed by atoms with Gasteiger partial charge in [-0.05, 0) is 42.5 Å². The normalized spacial score (nSPS) is 16.1. The number of amides is 2. The molecule has 2 heterocycles. The van der Waals surface area contributed by atoms with Gasteiger partial charge in [-0.3, -0.25) is 14.8 Å². The first-order chi connectivity index (χ1) is 15.3. The van der Waals surface area contributed by atoms with E-state index in [2.05, 4.69) is 15.0 Å². The molecule has 0 aliphatic carbocycles. The standard InChI is InChI=1S/C20H17ClN4O5S2.H2/c21-13-2-1-3-14(12-13)23-20(27)30-17-8-10-25(18(17)26)15-4-6-16(7-5-15)32(28,29)24-19-22-9-11-31-19;/h1-7,9,11-12,17H,8,10H2,(H,22,24)(H,23,27);1H/t17-;/m0./s1. The summed E-state index contributed by atoms with van der Waals surface area (Å²) in [5.74, 6) is -0.386. The van der Waals surface area contributed by atoms with Crippen LogP contribution in [0.2, 0.25) is 5.02 Å². The number of thiazole rings is 1. The molecule has 1 aliphatic heterocycles. The lowest BCUT2D eigenvalue weighted by Gasteiger charge is -2.17. The zero-order chi connectivity index (χ0) is 22.7. The number of carbonyl (C=O) groups excluding carboxylic acids is 2. The van der Waals surface area contributed by atoms with Crippen molar-refractivity contribution in [2.45, 2.75) is 17.4 Å². The van der Waals surface area contributed by atoms with Crippen molar-refractivity contribution in [2.75, 3.05) is 21.5 Å². The van der Waals surface area contributed by atoms with Crippen LogP contribution >= 0.6 is 22.9 Å². The number of nitrogens with one attached hydrogen (secondary N) is 2. The number of benzene rings is 2. The fourth-order valence-electron chi connectivity index (χ4n) is 3.12. The molecule has 2 N–H and O–H groups in total. The molecule has 1 saturated heterocycles. The molecule has 0 bridgehead atoms. The Hall–Kier alpha value is -3.15. The second kappa shape index (κ2) is 9.15. The number of nitrogens with zero attached hydrogens (tertiary/aromatic N) is 2. The SMILES string of the molecule is O=C(Nc1cccc(Cl)c1)O[C@H]1CCN(c2ccc(S(=O)(=O)Nc3nccs3)cc2)C1=O.[HH]. The number of carbonyl (C=O) groups is 2. The minimum absolute atomic E-state index is 0. The van der Waals surface area contributed by atoms with Gasteiger partial charge in [-0.2, -0.15) is 0 Å². The van der Waals surface area contributed by atoms with Crippen LogP contribution in [-0.2, 0) is 19.6 Å². The second-order valence-corrected chi connectivity index (χ2v) is 9.76. The van der Waals surface area contributed by atoms with Gasteiger partial charge in [-0.15, -0.1) is 11.3 Å². The first-order valence-electron chi connectivity index (χ1n) is 9.39. The van der Waals surface area contributed by atoms with Crippen LogP contribution < -0.4 is 14.9 Å². The summed E-state index contributed by atoms with van der Waals surface area (Å²) >= 11 is 7.05. The fraction of sp³-hybridized carbons (Fsp3) is 0.150. The van der Waals surface area contributed by atoms with E-state index in [1.165, 1.54) is 46.7 Å². The van der Waals surface area contributed by atoms with Crippen LogP contribution in [0, 0.1) is 0 Å². The Kier molecular flexibility index (Phi) is 6.31. The molecule has 2 aromatic carbocycles. The number of ether oxygens (including phenoxy) is 1. The van der Waals surface area contributed by atoms with Crippen molar-refractivity contribution in [1.29, 1.82) is 0 Å². The van der Waals surface area contributed by atoms with Gasteiger partial charge < -0.3 is 9.64 Å². The lowest BCUT2D eigenvalue weighted by Crippen LogP contribution is -2.33. The minimum Gasteiger partial charge on any atom is -0.436 e. The van der Waals surface area contributed by atoms with Gasteiger partial charge in [0.25, 0.3) is 15.9 Å². The Balaban J connectivity index is 0.00000306. The number of halogens is 1. The van der Waals surface area contributed by atoms with Crippen LogP contribution in [0.25, 0.3) is 0 Å². The maximum atomic E-state index is 12.7. The molecule has 32 heavy (non-hydrogen) atoms. The van der Waals surface area contributed by atoms with Gasteiger partial charge in [0.15, 0.2) is 11.2 Å². The highest BCUT2D eigenvalue weighted by Crippen LogP contribution is 2.26. The van der Waals surface area contributed by atoms with Gasteiger partial charge in [0.1, 0.15) is 0 Å². The Morgan fingerprint density at radius 1 is 1.25 bits per heavy atom. The van der Waals surface area contributed by atoms with Crippen LogP contribution in [0.4, 0.5) is 21.3 Å². The van der Waals surface area contributed by atoms with Crippen molar-refractivity contribution in [3.8, 4) is 0 Å². The van der Waals surface area contributed by atoms with Crippen LogP contribution in [0.5, 0.6) is 0 Å². The van der Waals surface area contributed by atoms with E-state index in [1.807, 2.05) is 0 Å². The van der Waals surface area contributed by atoms with E-state index in [0.717, 1.165) is 0 Å². The van der Waals surface area contributed by atoms with Crippen molar-refractivity contribution >= 4 is 61.5 Å². The topological polar surface area (TPSA) is 118 Å². The molecule has 1 fully saturated rings. The molecule has 4 rings (SSSR count). The smallest absolute Gasteiger partial charge is 0.412 e. The highest BCUT2D eigenvalue weighted by atomic mass is 35.5. The van der Waals surface area contributed by atoms with Crippen molar-refractivity contribution in [2.24, 2.45) is 0 Å². The molecule has 0 radical (unpaired) electrons. The lowest BCUT2D eigenvalue weighted by atomic mass is 10.3. The van der Waals surface area contributed by atoms with E-state index in [0.29, 0.717) is 29.4 Å². The van der Waals surface area contributed by atoms with Crippen molar-refractivity contribution < 1.29 is 24.2 Å². The number of rotatable bonds is 6. The van der Waals surface area contributed by atoms with Crippen LogP contribution in [0.1, 0.15) is 7.85 Å². The van der Waals surface area contributed by atoms with Gasteiger partial charge in [0.2, 0.25) is 0 Å². The summed E-state index contributed by atoms with van der Waals surface area (Å²) in [6.07, 6.45) is 0.109. The van der Waals surface area contributed by atoms with Gasteiger partial charge in [0, 0.05) is 42.4 Å². The van der Waals surface area contributed by atoms with Crippen molar-refractivity contribution in [1.82, 2.24) is 4.98 Å². The van der Waals surface area contributed by atoms with E-state index in [-0.39, 0.29) is 17.4 Å². The summed E-state index contributed by atoms with van der Waals surface area (Å²) in [6, 6.07) is 12.4.